The van der Waals surface area contributed by atoms with Gasteiger partial charge in [0.2, 0.25) is 0 Å². The van der Waals surface area contributed by atoms with Crippen molar-refractivity contribution in [3.8, 4) is 17.3 Å². The lowest BCUT2D eigenvalue weighted by Crippen LogP contribution is -2.48. The molecule has 1 fully saturated rings. The highest BCUT2D eigenvalue weighted by molar-refractivity contribution is 7.98. The number of rotatable bonds is 6. The number of nitrogens with one attached hydrogen (secondary N) is 1. The van der Waals surface area contributed by atoms with Crippen molar-refractivity contribution >= 4 is 17.4 Å². The highest BCUT2D eigenvalue weighted by atomic mass is 32.2. The standard InChI is InChI=1S/C29H25F2N5OS/c1-38-29-33-26(25(18-32)28(37)34-29)19-6-12-24(13-7-19)35-14-16-36(17-15-35)27(20-2-8-22(30)9-3-20)21-4-10-23(31)11-5-21/h2-13,27H,14-17H2,1H3,(H,33,34,37). The number of piperazine rings is 1. The van der Waals surface area contributed by atoms with E-state index in [-0.39, 0.29) is 23.2 Å². The van der Waals surface area contributed by atoms with Gasteiger partial charge in [0.15, 0.2) is 5.16 Å². The molecule has 38 heavy (non-hydrogen) atoms. The number of thioether (sulfide) groups is 1. The van der Waals surface area contributed by atoms with E-state index in [9.17, 15) is 18.8 Å². The smallest absolute Gasteiger partial charge is 0.270 e. The minimum Gasteiger partial charge on any atom is -0.369 e. The molecule has 0 radical (unpaired) electrons. The average Bonchev–Trinajstić information content (AvgIpc) is 2.95. The normalized spacial score (nSPS) is 14.0. The van der Waals surface area contributed by atoms with E-state index in [1.165, 1.54) is 36.0 Å². The molecule has 1 aromatic heterocycles. The predicted octanol–water partition coefficient (Wildman–Crippen LogP) is 5.22. The second-order valence-corrected chi connectivity index (χ2v) is 9.78. The number of benzene rings is 3. The van der Waals surface area contributed by atoms with Gasteiger partial charge in [-0.3, -0.25) is 9.69 Å². The highest BCUT2D eigenvalue weighted by Gasteiger charge is 2.27. The first-order valence-corrected chi connectivity index (χ1v) is 13.4. The molecule has 0 unspecified atom stereocenters. The molecule has 4 aromatic rings. The van der Waals surface area contributed by atoms with Crippen molar-refractivity contribution in [3.05, 3.63) is 111 Å². The van der Waals surface area contributed by atoms with E-state index in [1.54, 1.807) is 24.3 Å². The maximum absolute atomic E-state index is 13.6. The van der Waals surface area contributed by atoms with Crippen LogP contribution in [0.1, 0.15) is 22.7 Å². The molecule has 1 saturated heterocycles. The summed E-state index contributed by atoms with van der Waals surface area (Å²) in [4.78, 5) is 23.9. The third-order valence-electron chi connectivity index (χ3n) is 6.76. The number of halogens is 2. The Hall–Kier alpha value is -4.00. The molecule has 5 rings (SSSR count). The maximum atomic E-state index is 13.6. The Bertz CT molecular complexity index is 1460. The van der Waals surface area contributed by atoms with Crippen LogP contribution in [0.5, 0.6) is 0 Å². The van der Waals surface area contributed by atoms with Crippen LogP contribution < -0.4 is 10.5 Å². The zero-order valence-electron chi connectivity index (χ0n) is 20.7. The fourth-order valence-corrected chi connectivity index (χ4v) is 5.21. The number of nitriles is 1. The van der Waals surface area contributed by atoms with Gasteiger partial charge >= 0.3 is 0 Å². The summed E-state index contributed by atoms with van der Waals surface area (Å²) in [5.74, 6) is -0.580. The number of hydrogen-bond donors (Lipinski definition) is 1. The van der Waals surface area contributed by atoms with Crippen LogP contribution in [0.15, 0.2) is 82.7 Å². The lowest BCUT2D eigenvalue weighted by atomic mass is 9.96. The summed E-state index contributed by atoms with van der Waals surface area (Å²) in [7, 11) is 0. The number of hydrogen-bond acceptors (Lipinski definition) is 6. The van der Waals surface area contributed by atoms with Gasteiger partial charge < -0.3 is 9.88 Å². The van der Waals surface area contributed by atoms with Crippen LogP contribution in [-0.2, 0) is 0 Å². The topological polar surface area (TPSA) is 76.0 Å². The van der Waals surface area contributed by atoms with Gasteiger partial charge in [-0.25, -0.2) is 13.8 Å². The van der Waals surface area contributed by atoms with E-state index in [0.717, 1.165) is 43.0 Å². The van der Waals surface area contributed by atoms with E-state index in [4.69, 9.17) is 0 Å². The number of aromatic nitrogens is 2. The zero-order chi connectivity index (χ0) is 26.6. The maximum Gasteiger partial charge on any atom is 0.270 e. The Morgan fingerprint density at radius 2 is 1.45 bits per heavy atom. The Morgan fingerprint density at radius 1 is 0.895 bits per heavy atom. The van der Waals surface area contributed by atoms with Crippen molar-refractivity contribution in [1.82, 2.24) is 14.9 Å². The molecule has 1 N–H and O–H groups in total. The monoisotopic (exact) mass is 529 g/mol. The Balaban J connectivity index is 1.35. The van der Waals surface area contributed by atoms with Crippen molar-refractivity contribution in [3.63, 3.8) is 0 Å². The van der Waals surface area contributed by atoms with Crippen LogP contribution in [0, 0.1) is 23.0 Å². The predicted molar refractivity (Wildman–Crippen MR) is 145 cm³/mol. The van der Waals surface area contributed by atoms with Crippen LogP contribution in [0.25, 0.3) is 11.3 Å². The number of aromatic amines is 1. The highest BCUT2D eigenvalue weighted by Crippen LogP contribution is 2.31. The molecule has 1 aliphatic heterocycles. The Morgan fingerprint density at radius 3 is 1.95 bits per heavy atom. The van der Waals surface area contributed by atoms with Gasteiger partial charge in [0.25, 0.3) is 5.56 Å². The molecular weight excluding hydrogens is 504 g/mol. The third kappa shape index (κ3) is 5.32. The van der Waals surface area contributed by atoms with E-state index in [2.05, 4.69) is 19.8 Å². The quantitative estimate of drug-likeness (QED) is 0.273. The minimum atomic E-state index is -0.445. The summed E-state index contributed by atoms with van der Waals surface area (Å²) >= 11 is 1.31. The van der Waals surface area contributed by atoms with Gasteiger partial charge in [-0.2, -0.15) is 5.26 Å². The molecule has 0 atom stereocenters. The molecule has 0 saturated carbocycles. The van der Waals surface area contributed by atoms with E-state index in [0.29, 0.717) is 16.4 Å². The third-order valence-corrected chi connectivity index (χ3v) is 7.34. The molecule has 0 spiro atoms. The fraction of sp³-hybridized carbons (Fsp3) is 0.207. The molecule has 9 heteroatoms. The number of H-pyrrole nitrogens is 1. The van der Waals surface area contributed by atoms with Crippen LogP contribution in [-0.4, -0.2) is 47.3 Å². The summed E-state index contributed by atoms with van der Waals surface area (Å²) in [5.41, 5.74) is 3.58. The second kappa shape index (κ2) is 11.2. The lowest BCUT2D eigenvalue weighted by Gasteiger charge is -2.40. The number of nitrogens with zero attached hydrogens (tertiary/aromatic N) is 4. The number of anilines is 1. The van der Waals surface area contributed by atoms with Gasteiger partial charge in [0, 0.05) is 37.4 Å². The van der Waals surface area contributed by atoms with Crippen molar-refractivity contribution in [1.29, 1.82) is 5.26 Å². The van der Waals surface area contributed by atoms with E-state index >= 15 is 0 Å². The molecular formula is C29H25F2N5OS. The van der Waals surface area contributed by atoms with Crippen LogP contribution in [0.3, 0.4) is 0 Å². The van der Waals surface area contributed by atoms with E-state index < -0.39 is 5.56 Å². The Kier molecular flexibility index (Phi) is 7.54. The first-order chi connectivity index (χ1) is 18.5. The first kappa shape index (κ1) is 25.6. The van der Waals surface area contributed by atoms with Crippen molar-refractivity contribution < 1.29 is 8.78 Å². The molecule has 0 bridgehead atoms. The minimum absolute atomic E-state index is 0.00297. The van der Waals surface area contributed by atoms with Gasteiger partial charge in [-0.05, 0) is 53.8 Å². The lowest BCUT2D eigenvalue weighted by molar-refractivity contribution is 0.212. The molecule has 0 amide bonds. The molecule has 192 valence electrons. The van der Waals surface area contributed by atoms with Gasteiger partial charge in [-0.1, -0.05) is 48.2 Å². The fourth-order valence-electron chi connectivity index (χ4n) is 4.83. The largest absolute Gasteiger partial charge is 0.369 e. The van der Waals surface area contributed by atoms with Crippen LogP contribution >= 0.6 is 11.8 Å². The van der Waals surface area contributed by atoms with Gasteiger partial charge in [-0.15, -0.1) is 0 Å². The van der Waals surface area contributed by atoms with Crippen molar-refractivity contribution in [2.45, 2.75) is 11.2 Å². The van der Waals surface area contributed by atoms with E-state index in [1.807, 2.05) is 36.6 Å². The second-order valence-electron chi connectivity index (χ2n) is 8.99. The summed E-state index contributed by atoms with van der Waals surface area (Å²) in [6.45, 7) is 3.04. The summed E-state index contributed by atoms with van der Waals surface area (Å²) in [6, 6.07) is 22.6. The molecule has 6 nitrogen and oxygen atoms in total. The Labute approximate surface area is 223 Å². The van der Waals surface area contributed by atoms with Crippen LogP contribution in [0.2, 0.25) is 0 Å². The molecule has 0 aliphatic carbocycles. The van der Waals surface area contributed by atoms with Crippen molar-refractivity contribution in [2.75, 3.05) is 37.3 Å². The summed E-state index contributed by atoms with van der Waals surface area (Å²) in [6.07, 6.45) is 1.81. The van der Waals surface area contributed by atoms with Crippen molar-refractivity contribution in [2.24, 2.45) is 0 Å². The van der Waals surface area contributed by atoms with Crippen LogP contribution in [0.4, 0.5) is 14.5 Å². The van der Waals surface area contributed by atoms with Gasteiger partial charge in [0.05, 0.1) is 11.7 Å². The molecule has 1 aliphatic rings. The zero-order valence-corrected chi connectivity index (χ0v) is 21.5. The summed E-state index contributed by atoms with van der Waals surface area (Å²) < 4.78 is 27.2. The summed E-state index contributed by atoms with van der Waals surface area (Å²) in [5, 5.41) is 9.94. The molecule has 3 aromatic carbocycles. The SMILES string of the molecule is CSc1nc(-c2ccc(N3CCN(C(c4ccc(F)cc4)c4ccc(F)cc4)CC3)cc2)c(C#N)c(=O)[nH]1. The first-order valence-electron chi connectivity index (χ1n) is 12.2. The molecule has 2 heterocycles. The van der Waals surface area contributed by atoms with Gasteiger partial charge in [0.1, 0.15) is 23.3 Å². The average molecular weight is 530 g/mol.